The number of benzene rings is 2. The van der Waals surface area contributed by atoms with Crippen LogP contribution in [0.15, 0.2) is 66.5 Å². The van der Waals surface area contributed by atoms with Crippen molar-refractivity contribution < 1.29 is 19.1 Å². The summed E-state index contributed by atoms with van der Waals surface area (Å²) < 4.78 is 14.9. The number of aryl methyl sites for hydroxylation is 1. The van der Waals surface area contributed by atoms with Gasteiger partial charge in [-0.3, -0.25) is 4.79 Å². The number of fused-ring (bicyclic) bond motifs is 1. The highest BCUT2D eigenvalue weighted by Gasteiger charge is 2.29. The molecule has 0 saturated carbocycles. The van der Waals surface area contributed by atoms with E-state index in [1.165, 1.54) is 24.4 Å². The lowest BCUT2D eigenvalue weighted by Gasteiger charge is -2.24. The van der Waals surface area contributed by atoms with Gasteiger partial charge in [-0.15, -0.1) is 0 Å². The van der Waals surface area contributed by atoms with E-state index >= 15 is 0 Å². The van der Waals surface area contributed by atoms with Crippen LogP contribution in [-0.4, -0.2) is 26.8 Å². The van der Waals surface area contributed by atoms with Gasteiger partial charge < -0.3 is 15.7 Å². The summed E-state index contributed by atoms with van der Waals surface area (Å²) >= 11 is 0. The van der Waals surface area contributed by atoms with Crippen molar-refractivity contribution in [3.63, 3.8) is 0 Å². The Morgan fingerprint density at radius 1 is 1.21 bits per heavy atom. The number of carbonyl (C=O) groups is 2. The van der Waals surface area contributed by atoms with Crippen molar-refractivity contribution in [3.05, 3.63) is 89.0 Å². The maximum absolute atomic E-state index is 13.4. The Morgan fingerprint density at radius 2 is 1.97 bits per heavy atom. The number of anilines is 2. The van der Waals surface area contributed by atoms with E-state index < -0.39 is 23.7 Å². The fourth-order valence-corrected chi connectivity index (χ4v) is 3.15. The predicted octanol–water partition coefficient (Wildman–Crippen LogP) is 3.57. The Hall–Kier alpha value is -3.94. The molecule has 1 aliphatic heterocycles. The molecule has 2 heterocycles. The first-order chi connectivity index (χ1) is 13.9. The summed E-state index contributed by atoms with van der Waals surface area (Å²) in [4.78, 5) is 24.4. The van der Waals surface area contributed by atoms with E-state index in [4.69, 9.17) is 0 Å². The van der Waals surface area contributed by atoms with Gasteiger partial charge in [0, 0.05) is 5.69 Å². The number of hydrogen-bond acceptors (Lipinski definition) is 4. The molecule has 1 amide bonds. The molecule has 0 saturated heterocycles. The second kappa shape index (κ2) is 7.23. The topological polar surface area (TPSA) is 96.2 Å². The Labute approximate surface area is 165 Å². The number of nitrogens with one attached hydrogen (secondary N) is 2. The molecule has 0 radical (unpaired) electrons. The smallest absolute Gasteiger partial charge is 0.352 e. The zero-order valence-electron chi connectivity index (χ0n) is 15.4. The molecule has 1 atom stereocenters. The SMILES string of the molecule is Cc1ccc([C@@H]2C=C(C(=O)O)Nc3c(C(=O)Nc4cccc(F)c4)cnn32)cc1. The van der Waals surface area contributed by atoms with E-state index in [1.54, 1.807) is 16.8 Å². The summed E-state index contributed by atoms with van der Waals surface area (Å²) in [7, 11) is 0. The number of amides is 1. The summed E-state index contributed by atoms with van der Waals surface area (Å²) in [6, 6.07) is 12.6. The third kappa shape index (κ3) is 3.60. The van der Waals surface area contributed by atoms with Crippen molar-refractivity contribution in [2.45, 2.75) is 13.0 Å². The number of allylic oxidation sites excluding steroid dienone is 1. The lowest BCUT2D eigenvalue weighted by Crippen LogP contribution is -2.25. The maximum Gasteiger partial charge on any atom is 0.352 e. The molecule has 29 heavy (non-hydrogen) atoms. The number of aliphatic carboxylic acids is 1. The van der Waals surface area contributed by atoms with Crippen LogP contribution in [0.4, 0.5) is 15.9 Å². The fourth-order valence-electron chi connectivity index (χ4n) is 3.15. The first kappa shape index (κ1) is 18.4. The number of rotatable bonds is 4. The largest absolute Gasteiger partial charge is 0.477 e. The minimum absolute atomic E-state index is 0.0524. The minimum Gasteiger partial charge on any atom is -0.477 e. The molecule has 1 aromatic heterocycles. The maximum atomic E-state index is 13.4. The lowest BCUT2D eigenvalue weighted by molar-refractivity contribution is -0.132. The van der Waals surface area contributed by atoms with Crippen molar-refractivity contribution in [1.29, 1.82) is 0 Å². The molecule has 0 bridgehead atoms. The highest BCUT2D eigenvalue weighted by Crippen LogP contribution is 2.32. The number of carboxylic acids is 1. The molecular weight excluding hydrogens is 375 g/mol. The first-order valence-electron chi connectivity index (χ1n) is 8.85. The molecule has 0 spiro atoms. The minimum atomic E-state index is -1.15. The second-order valence-electron chi connectivity index (χ2n) is 6.68. The van der Waals surface area contributed by atoms with Crippen LogP contribution in [-0.2, 0) is 4.79 Å². The van der Waals surface area contributed by atoms with E-state index in [0.29, 0.717) is 0 Å². The molecule has 1 aliphatic rings. The number of halogens is 1. The van der Waals surface area contributed by atoms with Crippen molar-refractivity contribution in [1.82, 2.24) is 9.78 Å². The van der Waals surface area contributed by atoms with Gasteiger partial charge in [0.2, 0.25) is 0 Å². The molecule has 2 aromatic carbocycles. The Kier molecular flexibility index (Phi) is 4.59. The second-order valence-corrected chi connectivity index (χ2v) is 6.68. The van der Waals surface area contributed by atoms with Crippen LogP contribution in [0.3, 0.4) is 0 Å². The zero-order chi connectivity index (χ0) is 20.5. The van der Waals surface area contributed by atoms with Crippen molar-refractivity contribution >= 4 is 23.4 Å². The van der Waals surface area contributed by atoms with Crippen LogP contribution in [0.5, 0.6) is 0 Å². The van der Waals surface area contributed by atoms with Gasteiger partial charge in [0.25, 0.3) is 5.91 Å². The average molecular weight is 392 g/mol. The lowest BCUT2D eigenvalue weighted by atomic mass is 10.0. The standard InChI is InChI=1S/C21H17FN4O3/c1-12-5-7-13(8-6-12)18-10-17(21(28)29)25-19-16(11-23-26(18)19)20(27)24-15-4-2-3-14(22)9-15/h2-11,18,25H,1H3,(H,24,27)(H,28,29)/t18-/m0/s1. The first-order valence-corrected chi connectivity index (χ1v) is 8.85. The number of carboxylic acid groups (broad SMARTS) is 1. The molecule has 0 fully saturated rings. The highest BCUT2D eigenvalue weighted by atomic mass is 19.1. The third-order valence-corrected chi connectivity index (χ3v) is 4.61. The summed E-state index contributed by atoms with van der Waals surface area (Å²) in [6.07, 6.45) is 2.90. The molecule has 8 heteroatoms. The Balaban J connectivity index is 1.72. The van der Waals surface area contributed by atoms with E-state index in [9.17, 15) is 19.1 Å². The average Bonchev–Trinajstić information content (AvgIpc) is 3.12. The van der Waals surface area contributed by atoms with Gasteiger partial charge in [0.05, 0.1) is 12.2 Å². The third-order valence-electron chi connectivity index (χ3n) is 4.61. The van der Waals surface area contributed by atoms with Crippen LogP contribution < -0.4 is 10.6 Å². The molecule has 146 valence electrons. The molecule has 3 aromatic rings. The molecule has 0 aliphatic carbocycles. The Morgan fingerprint density at radius 3 is 2.66 bits per heavy atom. The predicted molar refractivity (Wildman–Crippen MR) is 105 cm³/mol. The molecule has 7 nitrogen and oxygen atoms in total. The van der Waals surface area contributed by atoms with Gasteiger partial charge in [0.1, 0.15) is 22.9 Å². The number of nitrogens with zero attached hydrogens (tertiary/aromatic N) is 2. The number of carbonyl (C=O) groups excluding carboxylic acids is 1. The molecule has 4 rings (SSSR count). The van der Waals surface area contributed by atoms with Gasteiger partial charge in [-0.2, -0.15) is 5.10 Å². The summed E-state index contributed by atoms with van der Waals surface area (Å²) in [5.74, 6) is -1.90. The summed E-state index contributed by atoms with van der Waals surface area (Å²) in [5.41, 5.74) is 2.29. The number of aromatic nitrogens is 2. The van der Waals surface area contributed by atoms with Gasteiger partial charge >= 0.3 is 5.97 Å². The zero-order valence-corrected chi connectivity index (χ0v) is 15.4. The van der Waals surface area contributed by atoms with Crippen LogP contribution in [0.1, 0.15) is 27.5 Å². The van der Waals surface area contributed by atoms with Gasteiger partial charge in [-0.25, -0.2) is 13.9 Å². The quantitative estimate of drug-likeness (QED) is 0.631. The van der Waals surface area contributed by atoms with E-state index in [2.05, 4.69) is 15.7 Å². The summed E-state index contributed by atoms with van der Waals surface area (Å²) in [5, 5.41) is 19.2. The monoisotopic (exact) mass is 392 g/mol. The van der Waals surface area contributed by atoms with Gasteiger partial charge in [0.15, 0.2) is 0 Å². The molecule has 0 unspecified atom stereocenters. The fraction of sp³-hybridized carbons (Fsp3) is 0.0952. The van der Waals surface area contributed by atoms with Gasteiger partial charge in [-0.1, -0.05) is 35.9 Å². The highest BCUT2D eigenvalue weighted by molar-refractivity contribution is 6.08. The number of hydrogen-bond donors (Lipinski definition) is 3. The van der Waals surface area contributed by atoms with Crippen LogP contribution >= 0.6 is 0 Å². The summed E-state index contributed by atoms with van der Waals surface area (Å²) in [6.45, 7) is 1.96. The van der Waals surface area contributed by atoms with Crippen LogP contribution in [0.25, 0.3) is 0 Å². The van der Waals surface area contributed by atoms with Crippen LogP contribution in [0.2, 0.25) is 0 Å². The van der Waals surface area contributed by atoms with Crippen molar-refractivity contribution in [2.24, 2.45) is 0 Å². The van der Waals surface area contributed by atoms with E-state index in [0.717, 1.165) is 11.1 Å². The van der Waals surface area contributed by atoms with E-state index in [-0.39, 0.29) is 22.8 Å². The van der Waals surface area contributed by atoms with Crippen molar-refractivity contribution in [3.8, 4) is 0 Å². The normalized spacial score (nSPS) is 15.1. The van der Waals surface area contributed by atoms with Crippen LogP contribution in [0, 0.1) is 12.7 Å². The van der Waals surface area contributed by atoms with E-state index in [1.807, 2.05) is 31.2 Å². The van der Waals surface area contributed by atoms with Gasteiger partial charge in [-0.05, 0) is 36.8 Å². The Bertz CT molecular complexity index is 1140. The molecule has 3 N–H and O–H groups in total. The van der Waals surface area contributed by atoms with Crippen molar-refractivity contribution in [2.75, 3.05) is 10.6 Å². The molecular formula is C21H17FN4O3.